The zero-order valence-corrected chi connectivity index (χ0v) is 14.4. The van der Waals surface area contributed by atoms with E-state index in [0.29, 0.717) is 24.0 Å². The highest BCUT2D eigenvalue weighted by atomic mass is 16.1. The van der Waals surface area contributed by atoms with Crippen molar-refractivity contribution >= 4 is 11.6 Å². The zero-order chi connectivity index (χ0) is 17.8. The van der Waals surface area contributed by atoms with Gasteiger partial charge in [-0.25, -0.2) is 15.0 Å². The molecule has 0 spiro atoms. The van der Waals surface area contributed by atoms with Gasteiger partial charge in [-0.05, 0) is 25.1 Å². The third-order valence-electron chi connectivity index (χ3n) is 3.67. The number of aryl methyl sites for hydroxylation is 1. The molecular formula is C18H20N6O. The van der Waals surface area contributed by atoms with Crippen molar-refractivity contribution in [2.45, 2.75) is 13.5 Å². The Morgan fingerprint density at radius 2 is 1.88 bits per heavy atom. The van der Waals surface area contributed by atoms with Crippen molar-refractivity contribution in [3.8, 4) is 11.3 Å². The fourth-order valence-electron chi connectivity index (χ4n) is 2.42. The molecule has 25 heavy (non-hydrogen) atoms. The number of H-pyrrole nitrogens is 1. The van der Waals surface area contributed by atoms with E-state index in [1.54, 1.807) is 13.1 Å². The highest BCUT2D eigenvalue weighted by molar-refractivity contribution is 5.63. The van der Waals surface area contributed by atoms with Gasteiger partial charge in [0.15, 0.2) is 0 Å². The molecule has 3 aromatic rings. The maximum absolute atomic E-state index is 11.5. The summed E-state index contributed by atoms with van der Waals surface area (Å²) in [6.07, 6.45) is 1.71. The molecule has 7 nitrogen and oxygen atoms in total. The van der Waals surface area contributed by atoms with Crippen molar-refractivity contribution in [1.29, 1.82) is 0 Å². The molecule has 0 saturated carbocycles. The molecule has 0 atom stereocenters. The molecular weight excluding hydrogens is 316 g/mol. The molecule has 0 aliphatic rings. The van der Waals surface area contributed by atoms with Gasteiger partial charge in [-0.3, -0.25) is 4.79 Å². The normalized spacial score (nSPS) is 10.5. The summed E-state index contributed by atoms with van der Waals surface area (Å²) >= 11 is 0. The Kier molecular flexibility index (Phi) is 4.74. The second kappa shape index (κ2) is 7.12. The Labute approximate surface area is 145 Å². The first kappa shape index (κ1) is 16.6. The lowest BCUT2D eigenvalue weighted by molar-refractivity contribution is 0.894. The molecule has 0 aliphatic carbocycles. The Morgan fingerprint density at radius 3 is 2.56 bits per heavy atom. The minimum absolute atomic E-state index is 0.167. The number of rotatable bonds is 5. The number of hydrogen-bond acceptors (Lipinski definition) is 6. The average Bonchev–Trinajstić information content (AvgIpc) is 2.59. The van der Waals surface area contributed by atoms with Gasteiger partial charge in [-0.2, -0.15) is 0 Å². The first-order valence-electron chi connectivity index (χ1n) is 7.93. The summed E-state index contributed by atoms with van der Waals surface area (Å²) in [5.74, 6) is 1.03. The van der Waals surface area contributed by atoms with E-state index in [9.17, 15) is 4.79 Å². The number of nitrogens with one attached hydrogen (secondary N) is 2. The maximum Gasteiger partial charge on any atom is 0.251 e. The first-order valence-corrected chi connectivity index (χ1v) is 7.93. The Morgan fingerprint density at radius 1 is 1.12 bits per heavy atom. The van der Waals surface area contributed by atoms with Crippen molar-refractivity contribution in [1.82, 2.24) is 19.9 Å². The van der Waals surface area contributed by atoms with Gasteiger partial charge in [-0.1, -0.05) is 12.1 Å². The molecule has 0 bridgehead atoms. The van der Waals surface area contributed by atoms with E-state index < -0.39 is 0 Å². The van der Waals surface area contributed by atoms with Gasteiger partial charge < -0.3 is 15.2 Å². The number of hydrogen-bond donors (Lipinski definition) is 2. The monoisotopic (exact) mass is 336 g/mol. The van der Waals surface area contributed by atoms with Gasteiger partial charge in [0.05, 0.1) is 12.2 Å². The van der Waals surface area contributed by atoms with Crippen molar-refractivity contribution in [3.63, 3.8) is 0 Å². The highest BCUT2D eigenvalue weighted by Gasteiger charge is 2.04. The third kappa shape index (κ3) is 4.20. The quantitative estimate of drug-likeness (QED) is 0.743. The van der Waals surface area contributed by atoms with Crippen LogP contribution in [0.15, 0.2) is 47.4 Å². The van der Waals surface area contributed by atoms with E-state index in [0.717, 1.165) is 16.9 Å². The van der Waals surface area contributed by atoms with Crippen LogP contribution in [0.1, 0.15) is 11.5 Å². The SMILES string of the molecule is Cc1cc(=O)[nH]c(CNc2nccc(-c3ccc(N(C)C)cc3)n2)n1. The van der Waals surface area contributed by atoms with E-state index >= 15 is 0 Å². The average molecular weight is 336 g/mol. The van der Waals surface area contributed by atoms with Crippen LogP contribution in [0.2, 0.25) is 0 Å². The number of benzene rings is 1. The molecule has 128 valence electrons. The minimum atomic E-state index is -0.167. The predicted octanol–water partition coefficient (Wildman–Crippen LogP) is 2.21. The Balaban J connectivity index is 1.76. The maximum atomic E-state index is 11.5. The zero-order valence-electron chi connectivity index (χ0n) is 14.4. The van der Waals surface area contributed by atoms with E-state index in [2.05, 4.69) is 25.3 Å². The second-order valence-electron chi connectivity index (χ2n) is 5.89. The lowest BCUT2D eigenvalue weighted by Gasteiger charge is -2.12. The molecule has 7 heteroatoms. The van der Waals surface area contributed by atoms with Gasteiger partial charge in [0.1, 0.15) is 5.82 Å². The second-order valence-corrected chi connectivity index (χ2v) is 5.89. The summed E-state index contributed by atoms with van der Waals surface area (Å²) in [4.78, 5) is 29.2. The Bertz CT molecular complexity index is 917. The standard InChI is InChI=1S/C18H20N6O/c1-12-10-17(25)23-16(21-12)11-20-18-19-9-8-15(22-18)13-4-6-14(7-5-13)24(2)3/h4-10H,11H2,1-3H3,(H,19,20,22)(H,21,23,25). The largest absolute Gasteiger partial charge is 0.378 e. The highest BCUT2D eigenvalue weighted by Crippen LogP contribution is 2.21. The van der Waals surface area contributed by atoms with Crippen LogP contribution < -0.4 is 15.8 Å². The van der Waals surface area contributed by atoms with E-state index in [4.69, 9.17) is 0 Å². The van der Waals surface area contributed by atoms with Gasteiger partial charge in [0.2, 0.25) is 5.95 Å². The van der Waals surface area contributed by atoms with Gasteiger partial charge in [0, 0.05) is 43.3 Å². The number of nitrogens with zero attached hydrogens (tertiary/aromatic N) is 4. The molecule has 3 rings (SSSR count). The van der Waals surface area contributed by atoms with Crippen LogP contribution in [0.25, 0.3) is 11.3 Å². The summed E-state index contributed by atoms with van der Waals surface area (Å²) in [7, 11) is 4.01. The number of aromatic nitrogens is 4. The van der Waals surface area contributed by atoms with Crippen LogP contribution in [0.3, 0.4) is 0 Å². The molecule has 0 fully saturated rings. The third-order valence-corrected chi connectivity index (χ3v) is 3.67. The summed E-state index contributed by atoms with van der Waals surface area (Å²) < 4.78 is 0. The van der Waals surface area contributed by atoms with Gasteiger partial charge in [-0.15, -0.1) is 0 Å². The molecule has 0 saturated heterocycles. The molecule has 0 amide bonds. The molecule has 2 heterocycles. The first-order chi connectivity index (χ1) is 12.0. The lowest BCUT2D eigenvalue weighted by Crippen LogP contribution is -2.15. The smallest absolute Gasteiger partial charge is 0.251 e. The molecule has 0 unspecified atom stereocenters. The van der Waals surface area contributed by atoms with Crippen molar-refractivity contribution in [2.75, 3.05) is 24.3 Å². The molecule has 2 N–H and O–H groups in total. The van der Waals surface area contributed by atoms with Gasteiger partial charge in [0.25, 0.3) is 5.56 Å². The molecule has 0 aliphatic heterocycles. The molecule has 1 aromatic carbocycles. The van der Waals surface area contributed by atoms with Crippen LogP contribution in [-0.2, 0) is 6.54 Å². The van der Waals surface area contributed by atoms with Crippen molar-refractivity contribution < 1.29 is 0 Å². The van der Waals surface area contributed by atoms with Crippen LogP contribution >= 0.6 is 0 Å². The summed E-state index contributed by atoms with van der Waals surface area (Å²) in [6, 6.07) is 11.5. The van der Waals surface area contributed by atoms with Gasteiger partial charge >= 0.3 is 0 Å². The summed E-state index contributed by atoms with van der Waals surface area (Å²) in [5, 5.41) is 3.09. The fraction of sp³-hybridized carbons (Fsp3) is 0.222. The summed E-state index contributed by atoms with van der Waals surface area (Å²) in [6.45, 7) is 2.13. The predicted molar refractivity (Wildman–Crippen MR) is 98.7 cm³/mol. The van der Waals surface area contributed by atoms with Crippen molar-refractivity contribution in [2.24, 2.45) is 0 Å². The van der Waals surface area contributed by atoms with Crippen LogP contribution in [0, 0.1) is 6.92 Å². The van der Waals surface area contributed by atoms with E-state index in [1.165, 1.54) is 6.07 Å². The Hall–Kier alpha value is -3.22. The molecule has 0 radical (unpaired) electrons. The summed E-state index contributed by atoms with van der Waals surface area (Å²) in [5.41, 5.74) is 3.48. The van der Waals surface area contributed by atoms with Crippen LogP contribution in [0.4, 0.5) is 11.6 Å². The van der Waals surface area contributed by atoms with E-state index in [1.807, 2.05) is 49.3 Å². The minimum Gasteiger partial charge on any atom is -0.378 e. The number of aromatic amines is 1. The molecule has 2 aromatic heterocycles. The number of anilines is 2. The van der Waals surface area contributed by atoms with Crippen molar-refractivity contribution in [3.05, 3.63) is 64.5 Å². The van der Waals surface area contributed by atoms with E-state index in [-0.39, 0.29) is 5.56 Å². The van der Waals surface area contributed by atoms with Crippen LogP contribution in [0.5, 0.6) is 0 Å². The van der Waals surface area contributed by atoms with Crippen LogP contribution in [-0.4, -0.2) is 34.0 Å². The lowest BCUT2D eigenvalue weighted by atomic mass is 10.1. The fourth-order valence-corrected chi connectivity index (χ4v) is 2.42. The topological polar surface area (TPSA) is 86.8 Å².